The van der Waals surface area contributed by atoms with Crippen LogP contribution in [0.3, 0.4) is 0 Å². The largest absolute Gasteiger partial charge is 0.497 e. The van der Waals surface area contributed by atoms with Crippen molar-refractivity contribution in [2.24, 2.45) is 0 Å². The number of nitrogens with one attached hydrogen (secondary N) is 1. The Morgan fingerprint density at radius 3 is 2.10 bits per heavy atom. The standard InChI is InChI=1S/C23H31N3O5/c1-28-18-4-6-19(7-5-18)31-15-14-25-10-12-26(13-11-25)17-23(27)24-21-9-8-20(29-2)16-22(21)30-3/h4-9,16H,10-15,17H2,1-3H3,(H,24,27). The van der Waals surface area contributed by atoms with Crippen molar-refractivity contribution in [3.63, 3.8) is 0 Å². The van der Waals surface area contributed by atoms with E-state index in [4.69, 9.17) is 18.9 Å². The first-order valence-electron chi connectivity index (χ1n) is 10.3. The van der Waals surface area contributed by atoms with Crippen molar-refractivity contribution in [3.05, 3.63) is 42.5 Å². The second kappa shape index (κ2) is 11.4. The second-order valence-corrected chi connectivity index (χ2v) is 7.26. The molecule has 1 N–H and O–H groups in total. The highest BCUT2D eigenvalue weighted by Crippen LogP contribution is 2.29. The normalized spacial score (nSPS) is 14.7. The molecule has 1 saturated heterocycles. The van der Waals surface area contributed by atoms with Crippen molar-refractivity contribution in [1.29, 1.82) is 0 Å². The van der Waals surface area contributed by atoms with Gasteiger partial charge in [0, 0.05) is 38.8 Å². The van der Waals surface area contributed by atoms with Crippen LogP contribution in [0.25, 0.3) is 0 Å². The lowest BCUT2D eigenvalue weighted by Crippen LogP contribution is -2.49. The van der Waals surface area contributed by atoms with Gasteiger partial charge in [-0.3, -0.25) is 14.6 Å². The highest BCUT2D eigenvalue weighted by Gasteiger charge is 2.19. The molecule has 0 bridgehead atoms. The molecule has 0 unspecified atom stereocenters. The molecule has 1 amide bonds. The van der Waals surface area contributed by atoms with Crippen LogP contribution in [-0.2, 0) is 4.79 Å². The Bertz CT molecular complexity index is 836. The summed E-state index contributed by atoms with van der Waals surface area (Å²) >= 11 is 0. The van der Waals surface area contributed by atoms with Gasteiger partial charge in [0.2, 0.25) is 5.91 Å². The topological polar surface area (TPSA) is 72.5 Å². The molecule has 2 aromatic carbocycles. The summed E-state index contributed by atoms with van der Waals surface area (Å²) in [5, 5.41) is 2.93. The molecule has 1 aliphatic rings. The van der Waals surface area contributed by atoms with E-state index in [1.54, 1.807) is 39.5 Å². The van der Waals surface area contributed by atoms with Crippen LogP contribution in [0.5, 0.6) is 23.0 Å². The predicted molar refractivity (Wildman–Crippen MR) is 120 cm³/mol. The Kier molecular flexibility index (Phi) is 8.37. The van der Waals surface area contributed by atoms with E-state index in [1.807, 2.05) is 24.3 Å². The van der Waals surface area contributed by atoms with Crippen LogP contribution < -0.4 is 24.3 Å². The van der Waals surface area contributed by atoms with E-state index in [-0.39, 0.29) is 5.91 Å². The maximum atomic E-state index is 12.5. The number of hydrogen-bond acceptors (Lipinski definition) is 7. The molecule has 8 nitrogen and oxygen atoms in total. The summed E-state index contributed by atoms with van der Waals surface area (Å²) in [5.74, 6) is 2.86. The molecule has 0 aromatic heterocycles. The van der Waals surface area contributed by atoms with E-state index in [0.29, 0.717) is 30.3 Å². The number of hydrogen-bond donors (Lipinski definition) is 1. The highest BCUT2D eigenvalue weighted by atomic mass is 16.5. The molecule has 0 atom stereocenters. The minimum absolute atomic E-state index is 0.0558. The Labute approximate surface area is 183 Å². The molecule has 31 heavy (non-hydrogen) atoms. The summed E-state index contributed by atoms with van der Waals surface area (Å²) in [4.78, 5) is 17.0. The third kappa shape index (κ3) is 6.77. The zero-order valence-corrected chi connectivity index (χ0v) is 18.4. The molecule has 0 saturated carbocycles. The van der Waals surface area contributed by atoms with Crippen LogP contribution in [0.1, 0.15) is 0 Å². The fraction of sp³-hybridized carbons (Fsp3) is 0.435. The maximum absolute atomic E-state index is 12.5. The molecule has 1 aliphatic heterocycles. The fourth-order valence-electron chi connectivity index (χ4n) is 3.43. The third-order valence-electron chi connectivity index (χ3n) is 5.25. The summed E-state index contributed by atoms with van der Waals surface area (Å²) in [5.41, 5.74) is 0.641. The smallest absolute Gasteiger partial charge is 0.238 e. The number of methoxy groups -OCH3 is 3. The predicted octanol–water partition coefficient (Wildman–Crippen LogP) is 2.35. The van der Waals surface area contributed by atoms with Gasteiger partial charge in [0.05, 0.1) is 33.6 Å². The van der Waals surface area contributed by atoms with Gasteiger partial charge in [-0.2, -0.15) is 0 Å². The van der Waals surface area contributed by atoms with Crippen molar-refractivity contribution in [3.8, 4) is 23.0 Å². The second-order valence-electron chi connectivity index (χ2n) is 7.26. The van der Waals surface area contributed by atoms with Gasteiger partial charge >= 0.3 is 0 Å². The van der Waals surface area contributed by atoms with Gasteiger partial charge in [0.15, 0.2) is 0 Å². The number of nitrogens with zero attached hydrogens (tertiary/aromatic N) is 2. The van der Waals surface area contributed by atoms with Crippen molar-refractivity contribution < 1.29 is 23.7 Å². The molecule has 8 heteroatoms. The first-order chi connectivity index (χ1) is 15.1. The lowest BCUT2D eigenvalue weighted by Gasteiger charge is -2.34. The van der Waals surface area contributed by atoms with Crippen LogP contribution in [0.15, 0.2) is 42.5 Å². The molecular formula is C23H31N3O5. The summed E-state index contributed by atoms with van der Waals surface area (Å²) in [7, 11) is 4.81. The molecule has 0 spiro atoms. The van der Waals surface area contributed by atoms with Crippen LogP contribution >= 0.6 is 0 Å². The molecule has 1 heterocycles. The molecule has 2 aromatic rings. The van der Waals surface area contributed by atoms with Crippen molar-refractivity contribution in [2.45, 2.75) is 0 Å². The van der Waals surface area contributed by atoms with Crippen LogP contribution in [0.4, 0.5) is 5.69 Å². The van der Waals surface area contributed by atoms with Gasteiger partial charge < -0.3 is 24.3 Å². The first kappa shape index (κ1) is 22.7. The van der Waals surface area contributed by atoms with Gasteiger partial charge in [-0.25, -0.2) is 0 Å². The molecule has 0 radical (unpaired) electrons. The Balaban J connectivity index is 1.37. The van der Waals surface area contributed by atoms with Gasteiger partial charge in [-0.1, -0.05) is 0 Å². The molecule has 3 rings (SSSR count). The summed E-state index contributed by atoms with van der Waals surface area (Å²) < 4.78 is 21.5. The van der Waals surface area contributed by atoms with Gasteiger partial charge in [-0.15, -0.1) is 0 Å². The molecule has 168 valence electrons. The number of rotatable bonds is 10. The fourth-order valence-corrected chi connectivity index (χ4v) is 3.43. The van der Waals surface area contributed by atoms with Crippen LogP contribution in [0.2, 0.25) is 0 Å². The van der Waals surface area contributed by atoms with E-state index < -0.39 is 0 Å². The SMILES string of the molecule is COc1ccc(OCCN2CCN(CC(=O)Nc3ccc(OC)cc3OC)CC2)cc1. The van der Waals surface area contributed by atoms with Crippen molar-refractivity contribution in [1.82, 2.24) is 9.80 Å². The zero-order valence-electron chi connectivity index (χ0n) is 18.4. The molecule has 1 fully saturated rings. The number of carbonyl (C=O) groups is 1. The zero-order chi connectivity index (χ0) is 22.1. The summed E-state index contributed by atoms with van der Waals surface area (Å²) in [6, 6.07) is 12.9. The van der Waals surface area contributed by atoms with Gasteiger partial charge in [0.25, 0.3) is 0 Å². The summed E-state index contributed by atoms with van der Waals surface area (Å²) in [6.07, 6.45) is 0. The third-order valence-corrected chi connectivity index (χ3v) is 5.25. The number of anilines is 1. The molecule has 0 aliphatic carbocycles. The molecular weight excluding hydrogens is 398 g/mol. The van der Waals surface area contributed by atoms with E-state index in [9.17, 15) is 4.79 Å². The van der Waals surface area contributed by atoms with Crippen molar-refractivity contribution >= 4 is 11.6 Å². The van der Waals surface area contributed by atoms with Gasteiger partial charge in [-0.05, 0) is 36.4 Å². The number of ether oxygens (including phenoxy) is 4. The van der Waals surface area contributed by atoms with E-state index in [0.717, 1.165) is 44.2 Å². The van der Waals surface area contributed by atoms with E-state index in [2.05, 4.69) is 15.1 Å². The average molecular weight is 430 g/mol. The average Bonchev–Trinajstić information content (AvgIpc) is 2.81. The quantitative estimate of drug-likeness (QED) is 0.622. The van der Waals surface area contributed by atoms with Crippen LogP contribution in [-0.4, -0.2) is 82.9 Å². The Morgan fingerprint density at radius 2 is 1.45 bits per heavy atom. The Hall–Kier alpha value is -2.97. The maximum Gasteiger partial charge on any atom is 0.238 e. The number of amides is 1. The monoisotopic (exact) mass is 429 g/mol. The van der Waals surface area contributed by atoms with E-state index >= 15 is 0 Å². The number of benzene rings is 2. The van der Waals surface area contributed by atoms with Gasteiger partial charge in [0.1, 0.15) is 29.6 Å². The minimum atomic E-state index is -0.0558. The van der Waals surface area contributed by atoms with Crippen LogP contribution in [0, 0.1) is 0 Å². The van der Waals surface area contributed by atoms with Crippen molar-refractivity contribution in [2.75, 3.05) is 72.5 Å². The number of carbonyl (C=O) groups excluding carboxylic acids is 1. The first-order valence-corrected chi connectivity index (χ1v) is 10.3. The lowest BCUT2D eigenvalue weighted by molar-refractivity contribution is -0.117. The number of piperazine rings is 1. The summed E-state index contributed by atoms with van der Waals surface area (Å²) in [6.45, 7) is 5.34. The highest BCUT2D eigenvalue weighted by molar-refractivity contribution is 5.93. The Morgan fingerprint density at radius 1 is 0.839 bits per heavy atom. The lowest BCUT2D eigenvalue weighted by atomic mass is 10.2. The minimum Gasteiger partial charge on any atom is -0.497 e. The van der Waals surface area contributed by atoms with E-state index in [1.165, 1.54) is 0 Å².